The van der Waals surface area contributed by atoms with E-state index in [1.165, 1.54) is 5.56 Å². The molecule has 0 bridgehead atoms. The van der Waals surface area contributed by atoms with Crippen LogP contribution in [0.3, 0.4) is 0 Å². The van der Waals surface area contributed by atoms with Crippen molar-refractivity contribution in [1.82, 2.24) is 15.3 Å². The van der Waals surface area contributed by atoms with Gasteiger partial charge in [0.05, 0.1) is 17.6 Å². The highest BCUT2D eigenvalue weighted by Crippen LogP contribution is 2.21. The van der Waals surface area contributed by atoms with Crippen molar-refractivity contribution in [2.24, 2.45) is 5.92 Å². The highest BCUT2D eigenvalue weighted by atomic mass is 16.5. The van der Waals surface area contributed by atoms with Crippen molar-refractivity contribution in [2.75, 3.05) is 13.2 Å². The van der Waals surface area contributed by atoms with Crippen LogP contribution >= 0.6 is 0 Å². The van der Waals surface area contributed by atoms with Gasteiger partial charge in [-0.15, -0.1) is 0 Å². The molecule has 5 nitrogen and oxygen atoms in total. The maximum Gasteiger partial charge on any atom is 0.323 e. The minimum Gasteiger partial charge on any atom is -0.381 e. The lowest BCUT2D eigenvalue weighted by Gasteiger charge is -2.24. The molecule has 1 saturated heterocycles. The molecule has 0 radical (unpaired) electrons. The van der Waals surface area contributed by atoms with Crippen LogP contribution in [0, 0.1) is 5.92 Å². The van der Waals surface area contributed by atoms with Gasteiger partial charge in [0, 0.05) is 18.7 Å². The molecular weight excluding hydrogens is 254 g/mol. The van der Waals surface area contributed by atoms with Crippen molar-refractivity contribution in [1.29, 1.82) is 0 Å². The van der Waals surface area contributed by atoms with Crippen LogP contribution in [0.4, 0.5) is 0 Å². The highest BCUT2D eigenvalue weighted by molar-refractivity contribution is 5.75. The Morgan fingerprint density at radius 2 is 2.10 bits per heavy atom. The number of hydrogen-bond donors (Lipinski definition) is 3. The van der Waals surface area contributed by atoms with E-state index < -0.39 is 0 Å². The van der Waals surface area contributed by atoms with E-state index in [-0.39, 0.29) is 11.7 Å². The highest BCUT2D eigenvalue weighted by Gasteiger charge is 2.23. The van der Waals surface area contributed by atoms with Gasteiger partial charge in [-0.2, -0.15) is 0 Å². The Hall–Kier alpha value is -1.59. The molecule has 0 spiro atoms. The Morgan fingerprint density at radius 3 is 2.85 bits per heavy atom. The average molecular weight is 275 g/mol. The Labute approximate surface area is 117 Å². The van der Waals surface area contributed by atoms with Gasteiger partial charge in [-0.3, -0.25) is 0 Å². The van der Waals surface area contributed by atoms with Crippen molar-refractivity contribution in [3.8, 4) is 0 Å². The second-order valence-corrected chi connectivity index (χ2v) is 5.68. The molecule has 1 fully saturated rings. The van der Waals surface area contributed by atoms with Crippen molar-refractivity contribution < 1.29 is 4.74 Å². The number of imidazole rings is 1. The van der Waals surface area contributed by atoms with Crippen LogP contribution in [0.15, 0.2) is 23.0 Å². The molecule has 20 heavy (non-hydrogen) atoms. The molecular formula is C15H21N3O2. The molecule has 5 heteroatoms. The molecule has 2 aromatic rings. The van der Waals surface area contributed by atoms with Crippen LogP contribution in [0.25, 0.3) is 11.0 Å². The maximum atomic E-state index is 11.3. The van der Waals surface area contributed by atoms with Gasteiger partial charge in [0.15, 0.2) is 0 Å². The smallest absolute Gasteiger partial charge is 0.323 e. The van der Waals surface area contributed by atoms with Gasteiger partial charge in [-0.25, -0.2) is 4.79 Å². The molecule has 0 amide bonds. The molecule has 1 aromatic carbocycles. The summed E-state index contributed by atoms with van der Waals surface area (Å²) in [5.41, 5.74) is 2.73. The molecule has 3 unspecified atom stereocenters. The quantitative estimate of drug-likeness (QED) is 0.798. The second kappa shape index (κ2) is 5.42. The predicted octanol–water partition coefficient (Wildman–Crippen LogP) is 1.93. The van der Waals surface area contributed by atoms with E-state index in [1.807, 2.05) is 12.1 Å². The second-order valence-electron chi connectivity index (χ2n) is 5.68. The fraction of sp³-hybridized carbons (Fsp3) is 0.533. The number of fused-ring (bicyclic) bond motifs is 1. The SMILES string of the molecule is CC(NC(C)C1CCOC1)c1ccc2[nH]c(=O)[nH]c2c1. The number of nitrogens with one attached hydrogen (secondary N) is 3. The first-order valence-corrected chi connectivity index (χ1v) is 7.19. The molecule has 108 valence electrons. The maximum absolute atomic E-state index is 11.3. The number of aromatic nitrogens is 2. The van der Waals surface area contributed by atoms with Crippen molar-refractivity contribution in [3.63, 3.8) is 0 Å². The molecule has 2 heterocycles. The van der Waals surface area contributed by atoms with Gasteiger partial charge in [-0.05, 0) is 43.9 Å². The molecule has 1 aromatic heterocycles. The Morgan fingerprint density at radius 1 is 1.30 bits per heavy atom. The van der Waals surface area contributed by atoms with Crippen LogP contribution in [-0.2, 0) is 4.74 Å². The molecule has 0 aliphatic carbocycles. The average Bonchev–Trinajstić information content (AvgIpc) is 3.05. The van der Waals surface area contributed by atoms with Gasteiger partial charge in [0.2, 0.25) is 0 Å². The van der Waals surface area contributed by atoms with E-state index in [1.54, 1.807) is 0 Å². The summed E-state index contributed by atoms with van der Waals surface area (Å²) in [6, 6.07) is 6.70. The van der Waals surface area contributed by atoms with Crippen molar-refractivity contribution in [3.05, 3.63) is 34.2 Å². The molecule has 1 aliphatic rings. The Kier molecular flexibility index (Phi) is 3.63. The fourth-order valence-electron chi connectivity index (χ4n) is 2.89. The van der Waals surface area contributed by atoms with E-state index in [0.29, 0.717) is 12.0 Å². The summed E-state index contributed by atoms with van der Waals surface area (Å²) in [5, 5.41) is 3.63. The predicted molar refractivity (Wildman–Crippen MR) is 78.9 cm³/mol. The summed E-state index contributed by atoms with van der Waals surface area (Å²) in [4.78, 5) is 16.8. The zero-order valence-electron chi connectivity index (χ0n) is 11.9. The van der Waals surface area contributed by atoms with Crippen molar-refractivity contribution >= 4 is 11.0 Å². The van der Waals surface area contributed by atoms with Crippen LogP contribution in [0.2, 0.25) is 0 Å². The largest absolute Gasteiger partial charge is 0.381 e. The van der Waals surface area contributed by atoms with Crippen LogP contribution < -0.4 is 11.0 Å². The lowest BCUT2D eigenvalue weighted by atomic mass is 9.98. The van der Waals surface area contributed by atoms with Crippen LogP contribution in [0.5, 0.6) is 0 Å². The number of ether oxygens (including phenoxy) is 1. The van der Waals surface area contributed by atoms with Crippen molar-refractivity contribution in [2.45, 2.75) is 32.4 Å². The van der Waals surface area contributed by atoms with E-state index in [4.69, 9.17) is 4.74 Å². The molecule has 3 N–H and O–H groups in total. The molecule has 0 saturated carbocycles. The zero-order valence-corrected chi connectivity index (χ0v) is 11.9. The standard InChI is InChI=1S/C15H21N3O2/c1-9(16-10(2)12-5-6-20-8-12)11-3-4-13-14(7-11)18-15(19)17-13/h3-4,7,9-10,12,16H,5-6,8H2,1-2H3,(H2,17,18,19). The lowest BCUT2D eigenvalue weighted by Crippen LogP contribution is -2.35. The summed E-state index contributed by atoms with van der Waals surface area (Å²) >= 11 is 0. The number of hydrogen-bond acceptors (Lipinski definition) is 3. The first kappa shape index (κ1) is 13.4. The Bertz CT molecular complexity index is 640. The van der Waals surface area contributed by atoms with E-state index in [9.17, 15) is 4.79 Å². The lowest BCUT2D eigenvalue weighted by molar-refractivity contribution is 0.177. The van der Waals surface area contributed by atoms with E-state index in [0.717, 1.165) is 30.7 Å². The third-order valence-electron chi connectivity index (χ3n) is 4.22. The number of rotatable bonds is 4. The fourth-order valence-corrected chi connectivity index (χ4v) is 2.89. The minimum absolute atomic E-state index is 0.158. The summed E-state index contributed by atoms with van der Waals surface area (Å²) < 4.78 is 5.44. The minimum atomic E-state index is -0.158. The summed E-state index contributed by atoms with van der Waals surface area (Å²) in [7, 11) is 0. The molecule has 3 rings (SSSR count). The van der Waals surface area contributed by atoms with Gasteiger partial charge in [0.1, 0.15) is 0 Å². The summed E-state index contributed by atoms with van der Waals surface area (Å²) in [5.74, 6) is 0.591. The number of benzene rings is 1. The van der Waals surface area contributed by atoms with Gasteiger partial charge in [0.25, 0.3) is 0 Å². The van der Waals surface area contributed by atoms with Crippen LogP contribution in [-0.4, -0.2) is 29.2 Å². The van der Waals surface area contributed by atoms with Crippen LogP contribution in [0.1, 0.15) is 31.9 Å². The zero-order chi connectivity index (χ0) is 14.1. The monoisotopic (exact) mass is 275 g/mol. The first-order valence-electron chi connectivity index (χ1n) is 7.19. The normalized spacial score (nSPS) is 22.2. The number of aromatic amines is 2. The van der Waals surface area contributed by atoms with E-state index in [2.05, 4.69) is 35.2 Å². The first-order chi connectivity index (χ1) is 9.63. The van der Waals surface area contributed by atoms with E-state index >= 15 is 0 Å². The summed E-state index contributed by atoms with van der Waals surface area (Å²) in [6.45, 7) is 6.09. The Balaban J connectivity index is 1.74. The topological polar surface area (TPSA) is 69.9 Å². The molecule has 3 atom stereocenters. The third kappa shape index (κ3) is 2.64. The van der Waals surface area contributed by atoms with Gasteiger partial charge < -0.3 is 20.0 Å². The van der Waals surface area contributed by atoms with Gasteiger partial charge in [-0.1, -0.05) is 6.07 Å². The third-order valence-corrected chi connectivity index (χ3v) is 4.22. The summed E-state index contributed by atoms with van der Waals surface area (Å²) in [6.07, 6.45) is 1.13. The van der Waals surface area contributed by atoms with Gasteiger partial charge >= 0.3 is 5.69 Å². The number of H-pyrrole nitrogens is 2. The molecule has 1 aliphatic heterocycles.